The first-order valence-electron chi connectivity index (χ1n) is 5.54. The van der Waals surface area contributed by atoms with Crippen molar-refractivity contribution in [3.05, 3.63) is 23.8 Å². The minimum atomic E-state index is -0.663. The summed E-state index contributed by atoms with van der Waals surface area (Å²) in [5.41, 5.74) is 1.78. The van der Waals surface area contributed by atoms with Crippen LogP contribution in [0.5, 0.6) is 0 Å². The SMILES string of the molecule is CSc1cccc(S(C)(C)C)c1C(C)(C)C. The molecule has 0 unspecified atom stereocenters. The Morgan fingerprint density at radius 2 is 1.62 bits per heavy atom. The molecular weight excluding hydrogens is 232 g/mol. The Morgan fingerprint density at radius 1 is 1.06 bits per heavy atom. The van der Waals surface area contributed by atoms with E-state index in [2.05, 4.69) is 64.0 Å². The molecule has 0 nitrogen and oxygen atoms in total. The van der Waals surface area contributed by atoms with Gasteiger partial charge in [-0.2, -0.15) is 0 Å². The third-order valence-corrected chi connectivity index (χ3v) is 5.06. The number of benzene rings is 1. The lowest BCUT2D eigenvalue weighted by molar-refractivity contribution is 0.564. The number of thioether (sulfide) groups is 1. The molecule has 0 heterocycles. The predicted octanol–water partition coefficient (Wildman–Crippen LogP) is 4.76. The van der Waals surface area contributed by atoms with Gasteiger partial charge in [0, 0.05) is 4.90 Å². The molecule has 0 aromatic heterocycles. The summed E-state index contributed by atoms with van der Waals surface area (Å²) in [4.78, 5) is 3.00. The summed E-state index contributed by atoms with van der Waals surface area (Å²) in [7, 11) is -0.663. The van der Waals surface area contributed by atoms with Gasteiger partial charge in [0.15, 0.2) is 0 Å². The zero-order valence-corrected chi connectivity index (χ0v) is 13.2. The quantitative estimate of drug-likeness (QED) is 0.688. The van der Waals surface area contributed by atoms with Crippen LogP contribution in [-0.4, -0.2) is 25.0 Å². The van der Waals surface area contributed by atoms with Crippen LogP contribution in [0.25, 0.3) is 0 Å². The van der Waals surface area contributed by atoms with Crippen molar-refractivity contribution in [2.24, 2.45) is 0 Å². The second-order valence-corrected chi connectivity index (χ2v) is 10.9. The van der Waals surface area contributed by atoms with E-state index in [4.69, 9.17) is 0 Å². The molecule has 0 bridgehead atoms. The van der Waals surface area contributed by atoms with Crippen molar-refractivity contribution in [1.82, 2.24) is 0 Å². The normalized spacial score (nSPS) is 13.9. The maximum atomic E-state index is 2.38. The number of rotatable bonds is 2. The zero-order valence-electron chi connectivity index (χ0n) is 11.5. The van der Waals surface area contributed by atoms with Crippen molar-refractivity contribution < 1.29 is 0 Å². The molecule has 0 radical (unpaired) electrons. The maximum Gasteiger partial charge on any atom is 0.0117 e. The van der Waals surface area contributed by atoms with E-state index >= 15 is 0 Å². The second-order valence-electron chi connectivity index (χ2n) is 5.92. The van der Waals surface area contributed by atoms with E-state index in [1.54, 1.807) is 10.5 Å². The molecule has 0 aliphatic heterocycles. The molecule has 0 aliphatic carbocycles. The van der Waals surface area contributed by atoms with Gasteiger partial charge in [-0.05, 0) is 53.0 Å². The third kappa shape index (κ3) is 2.98. The topological polar surface area (TPSA) is 0 Å². The summed E-state index contributed by atoms with van der Waals surface area (Å²) < 4.78 is 0. The van der Waals surface area contributed by atoms with Crippen LogP contribution in [0, 0.1) is 0 Å². The minimum absolute atomic E-state index is 0.231. The molecule has 16 heavy (non-hydrogen) atoms. The van der Waals surface area contributed by atoms with Gasteiger partial charge < -0.3 is 0 Å². The van der Waals surface area contributed by atoms with Crippen LogP contribution in [0.4, 0.5) is 0 Å². The van der Waals surface area contributed by atoms with Crippen molar-refractivity contribution >= 4 is 21.8 Å². The van der Waals surface area contributed by atoms with E-state index in [1.807, 2.05) is 11.8 Å². The Morgan fingerprint density at radius 3 is 2.00 bits per heavy atom. The lowest BCUT2D eigenvalue weighted by Crippen LogP contribution is -2.16. The molecule has 0 fully saturated rings. The molecule has 2 heteroatoms. The van der Waals surface area contributed by atoms with Crippen molar-refractivity contribution in [3.8, 4) is 0 Å². The van der Waals surface area contributed by atoms with Gasteiger partial charge in [0.1, 0.15) is 0 Å². The Kier molecular flexibility index (Phi) is 4.07. The van der Waals surface area contributed by atoms with E-state index in [1.165, 1.54) is 4.90 Å². The van der Waals surface area contributed by atoms with Crippen molar-refractivity contribution in [3.63, 3.8) is 0 Å². The van der Waals surface area contributed by atoms with Gasteiger partial charge in [-0.25, -0.2) is 10.0 Å². The standard InChI is InChI=1S/C14H24S2/c1-14(2,3)13-11(15-4)9-8-10-12(13)16(5,6)7/h8-10H,1-7H3. The summed E-state index contributed by atoms with van der Waals surface area (Å²) in [6, 6.07) is 6.77. The summed E-state index contributed by atoms with van der Waals surface area (Å²) in [5, 5.41) is 0. The highest BCUT2D eigenvalue weighted by Gasteiger charge is 2.25. The summed E-state index contributed by atoms with van der Waals surface area (Å²) in [6.45, 7) is 6.95. The van der Waals surface area contributed by atoms with E-state index in [-0.39, 0.29) is 5.41 Å². The monoisotopic (exact) mass is 256 g/mol. The average molecular weight is 256 g/mol. The van der Waals surface area contributed by atoms with E-state index in [0.717, 1.165) is 0 Å². The number of hydrogen-bond donors (Lipinski definition) is 0. The molecule has 0 amide bonds. The minimum Gasteiger partial charge on any atom is -0.223 e. The fourth-order valence-corrected chi connectivity index (χ4v) is 4.35. The predicted molar refractivity (Wildman–Crippen MR) is 80.6 cm³/mol. The van der Waals surface area contributed by atoms with Gasteiger partial charge in [-0.15, -0.1) is 11.8 Å². The molecule has 92 valence electrons. The fourth-order valence-electron chi connectivity index (χ4n) is 1.93. The smallest absolute Gasteiger partial charge is 0.0117 e. The third-order valence-electron chi connectivity index (χ3n) is 2.62. The van der Waals surface area contributed by atoms with Crippen molar-refractivity contribution in [2.45, 2.75) is 36.0 Å². The maximum absolute atomic E-state index is 2.38. The van der Waals surface area contributed by atoms with Crippen LogP contribution < -0.4 is 0 Å². The highest BCUT2D eigenvalue weighted by Crippen LogP contribution is 2.51. The molecule has 0 N–H and O–H groups in total. The second kappa shape index (κ2) is 4.66. The van der Waals surface area contributed by atoms with Crippen molar-refractivity contribution in [1.29, 1.82) is 0 Å². The zero-order chi connectivity index (χ0) is 12.6. The highest BCUT2D eigenvalue weighted by molar-refractivity contribution is 8.32. The van der Waals surface area contributed by atoms with Gasteiger partial charge in [0.05, 0.1) is 0 Å². The molecule has 1 rings (SSSR count). The largest absolute Gasteiger partial charge is 0.223 e. The molecule has 0 spiro atoms. The van der Waals surface area contributed by atoms with E-state index < -0.39 is 10.0 Å². The molecule has 1 aromatic carbocycles. The van der Waals surface area contributed by atoms with Gasteiger partial charge in [-0.3, -0.25) is 0 Å². The first-order chi connectivity index (χ1) is 7.18. The van der Waals surface area contributed by atoms with Gasteiger partial charge in [0.2, 0.25) is 0 Å². The van der Waals surface area contributed by atoms with Crippen molar-refractivity contribution in [2.75, 3.05) is 25.0 Å². The number of hydrogen-bond acceptors (Lipinski definition) is 1. The van der Waals surface area contributed by atoms with Crippen LogP contribution >= 0.6 is 21.8 Å². The van der Waals surface area contributed by atoms with Gasteiger partial charge in [-0.1, -0.05) is 26.8 Å². The molecule has 0 aliphatic rings. The average Bonchev–Trinajstić information content (AvgIpc) is 2.13. The Labute approximate surface area is 107 Å². The molecule has 0 saturated carbocycles. The first-order valence-corrected chi connectivity index (χ1v) is 9.62. The van der Waals surface area contributed by atoms with Crippen LogP contribution in [0.3, 0.4) is 0 Å². The molecule has 0 saturated heterocycles. The van der Waals surface area contributed by atoms with Crippen LogP contribution in [-0.2, 0) is 5.41 Å². The van der Waals surface area contributed by atoms with E-state index in [0.29, 0.717) is 0 Å². The van der Waals surface area contributed by atoms with E-state index in [9.17, 15) is 0 Å². The molecule has 1 aromatic rings. The Hall–Kier alpha value is -0.0800. The summed E-state index contributed by atoms with van der Waals surface area (Å²) in [6.07, 6.45) is 9.30. The summed E-state index contributed by atoms with van der Waals surface area (Å²) in [5.74, 6) is 0. The summed E-state index contributed by atoms with van der Waals surface area (Å²) >= 11 is 1.87. The Balaban J connectivity index is 3.51. The van der Waals surface area contributed by atoms with Crippen LogP contribution in [0.15, 0.2) is 28.0 Å². The van der Waals surface area contributed by atoms with Crippen LogP contribution in [0.1, 0.15) is 26.3 Å². The highest BCUT2D eigenvalue weighted by atomic mass is 32.3. The van der Waals surface area contributed by atoms with Crippen LogP contribution in [0.2, 0.25) is 0 Å². The van der Waals surface area contributed by atoms with Gasteiger partial charge in [0.25, 0.3) is 0 Å². The Bertz CT molecular complexity index is 367. The molecular formula is C14H24S2. The lowest BCUT2D eigenvalue weighted by Gasteiger charge is -2.35. The van der Waals surface area contributed by atoms with Gasteiger partial charge >= 0.3 is 0 Å². The molecule has 0 atom stereocenters. The fraction of sp³-hybridized carbons (Fsp3) is 0.571. The lowest BCUT2D eigenvalue weighted by atomic mass is 9.87. The first kappa shape index (κ1) is 14.0.